The molecule has 0 fully saturated rings. The van der Waals surface area contributed by atoms with Crippen LogP contribution in [0.3, 0.4) is 0 Å². The summed E-state index contributed by atoms with van der Waals surface area (Å²) in [6.07, 6.45) is 2.83. The fourth-order valence-corrected chi connectivity index (χ4v) is 2.32. The number of amides is 1. The SMILES string of the molecule is C=CCc1ccccc1OCC#CCNC(=O)Cc1c(C)noc1C. The van der Waals surface area contributed by atoms with Crippen molar-refractivity contribution in [2.45, 2.75) is 26.7 Å². The molecule has 0 radical (unpaired) electrons. The van der Waals surface area contributed by atoms with Crippen molar-refractivity contribution in [1.82, 2.24) is 10.5 Å². The second-order valence-electron chi connectivity index (χ2n) is 5.50. The fourth-order valence-electron chi connectivity index (χ4n) is 2.32. The third kappa shape index (κ3) is 5.54. The number of carbonyl (C=O) groups is 1. The van der Waals surface area contributed by atoms with Gasteiger partial charge in [-0.1, -0.05) is 41.3 Å². The number of allylic oxidation sites excluding steroid dienone is 1. The topological polar surface area (TPSA) is 64.4 Å². The molecule has 2 aromatic rings. The summed E-state index contributed by atoms with van der Waals surface area (Å²) >= 11 is 0. The van der Waals surface area contributed by atoms with E-state index in [-0.39, 0.29) is 25.5 Å². The van der Waals surface area contributed by atoms with E-state index >= 15 is 0 Å². The molecule has 1 aromatic carbocycles. The highest BCUT2D eigenvalue weighted by Gasteiger charge is 2.12. The van der Waals surface area contributed by atoms with Crippen molar-refractivity contribution in [1.29, 1.82) is 0 Å². The van der Waals surface area contributed by atoms with Crippen molar-refractivity contribution in [3.8, 4) is 17.6 Å². The van der Waals surface area contributed by atoms with E-state index < -0.39 is 0 Å². The van der Waals surface area contributed by atoms with Gasteiger partial charge in [0, 0.05) is 5.56 Å². The number of aryl methyl sites for hydroxylation is 2. The Kier molecular flexibility index (Phi) is 6.85. The third-order valence-corrected chi connectivity index (χ3v) is 3.65. The Morgan fingerprint density at radius 2 is 2.16 bits per heavy atom. The van der Waals surface area contributed by atoms with Crippen LogP contribution in [0.5, 0.6) is 5.75 Å². The minimum atomic E-state index is -0.110. The molecule has 0 saturated heterocycles. The number of nitrogens with zero attached hydrogens (tertiary/aromatic N) is 1. The highest BCUT2D eigenvalue weighted by Crippen LogP contribution is 2.18. The van der Waals surface area contributed by atoms with Crippen LogP contribution in [0.2, 0.25) is 0 Å². The van der Waals surface area contributed by atoms with E-state index in [1.165, 1.54) is 0 Å². The summed E-state index contributed by atoms with van der Waals surface area (Å²) in [6, 6.07) is 7.79. The molecule has 1 heterocycles. The first kappa shape index (κ1) is 18.3. The van der Waals surface area contributed by atoms with Crippen LogP contribution in [0.4, 0.5) is 0 Å². The smallest absolute Gasteiger partial charge is 0.225 e. The van der Waals surface area contributed by atoms with Gasteiger partial charge in [0.1, 0.15) is 18.1 Å². The van der Waals surface area contributed by atoms with Crippen LogP contribution < -0.4 is 10.1 Å². The van der Waals surface area contributed by atoms with Crippen LogP contribution in [-0.2, 0) is 17.6 Å². The number of hydrogen-bond acceptors (Lipinski definition) is 4. The average Bonchev–Trinajstić information content (AvgIpc) is 2.91. The molecule has 0 aliphatic heterocycles. The predicted molar refractivity (Wildman–Crippen MR) is 96.3 cm³/mol. The lowest BCUT2D eigenvalue weighted by Crippen LogP contribution is -2.25. The van der Waals surface area contributed by atoms with E-state index in [0.717, 1.165) is 29.0 Å². The second-order valence-corrected chi connectivity index (χ2v) is 5.50. The third-order valence-electron chi connectivity index (χ3n) is 3.65. The van der Waals surface area contributed by atoms with Crippen LogP contribution in [0.15, 0.2) is 41.4 Å². The molecular formula is C20H22N2O3. The molecule has 0 saturated carbocycles. The van der Waals surface area contributed by atoms with Gasteiger partial charge < -0.3 is 14.6 Å². The summed E-state index contributed by atoms with van der Waals surface area (Å²) in [5.41, 5.74) is 2.64. The van der Waals surface area contributed by atoms with Gasteiger partial charge in [0.25, 0.3) is 0 Å². The van der Waals surface area contributed by atoms with Gasteiger partial charge in [-0.3, -0.25) is 4.79 Å². The molecule has 1 aromatic heterocycles. The molecule has 5 nitrogen and oxygen atoms in total. The summed E-state index contributed by atoms with van der Waals surface area (Å²) in [5.74, 6) is 7.14. The van der Waals surface area contributed by atoms with Crippen molar-refractivity contribution < 1.29 is 14.1 Å². The number of benzene rings is 1. The van der Waals surface area contributed by atoms with Crippen LogP contribution in [0.25, 0.3) is 0 Å². The zero-order chi connectivity index (χ0) is 18.1. The molecule has 0 atom stereocenters. The summed E-state index contributed by atoms with van der Waals surface area (Å²) in [6.45, 7) is 7.90. The summed E-state index contributed by atoms with van der Waals surface area (Å²) in [4.78, 5) is 11.9. The molecule has 130 valence electrons. The Morgan fingerprint density at radius 3 is 2.88 bits per heavy atom. The lowest BCUT2D eigenvalue weighted by Gasteiger charge is -2.07. The van der Waals surface area contributed by atoms with E-state index in [9.17, 15) is 4.79 Å². The lowest BCUT2D eigenvalue weighted by atomic mass is 10.1. The van der Waals surface area contributed by atoms with E-state index in [0.29, 0.717) is 5.76 Å². The molecule has 1 amide bonds. The van der Waals surface area contributed by atoms with Gasteiger partial charge in [-0.25, -0.2) is 0 Å². The Bertz CT molecular complexity index is 777. The molecule has 0 unspecified atom stereocenters. The van der Waals surface area contributed by atoms with Gasteiger partial charge in [-0.05, 0) is 31.9 Å². The van der Waals surface area contributed by atoms with Crippen LogP contribution in [0, 0.1) is 25.7 Å². The molecule has 5 heteroatoms. The molecule has 1 N–H and O–H groups in total. The molecular weight excluding hydrogens is 316 g/mol. The molecule has 0 bridgehead atoms. The monoisotopic (exact) mass is 338 g/mol. The molecule has 25 heavy (non-hydrogen) atoms. The number of hydrogen-bond donors (Lipinski definition) is 1. The first-order valence-electron chi connectivity index (χ1n) is 8.07. The van der Waals surface area contributed by atoms with Crippen molar-refractivity contribution in [2.24, 2.45) is 0 Å². The number of para-hydroxylation sites is 1. The first-order chi connectivity index (χ1) is 12.1. The lowest BCUT2D eigenvalue weighted by molar-refractivity contribution is -0.120. The van der Waals surface area contributed by atoms with Crippen molar-refractivity contribution in [3.05, 3.63) is 59.5 Å². The summed E-state index contributed by atoms with van der Waals surface area (Å²) < 4.78 is 10.7. The van der Waals surface area contributed by atoms with Gasteiger partial charge in [0.2, 0.25) is 5.91 Å². The van der Waals surface area contributed by atoms with Gasteiger partial charge in [0.15, 0.2) is 0 Å². The zero-order valence-corrected chi connectivity index (χ0v) is 14.6. The van der Waals surface area contributed by atoms with Crippen molar-refractivity contribution in [2.75, 3.05) is 13.2 Å². The minimum Gasteiger partial charge on any atom is -0.481 e. The number of aromatic nitrogens is 1. The highest BCUT2D eigenvalue weighted by atomic mass is 16.5. The van der Waals surface area contributed by atoms with Crippen LogP contribution >= 0.6 is 0 Å². The molecule has 2 rings (SSSR count). The largest absolute Gasteiger partial charge is 0.481 e. The van der Waals surface area contributed by atoms with E-state index in [1.807, 2.05) is 37.3 Å². The van der Waals surface area contributed by atoms with Crippen molar-refractivity contribution >= 4 is 5.91 Å². The predicted octanol–water partition coefficient (Wildman–Crippen LogP) is 2.76. The second kappa shape index (κ2) is 9.33. The Morgan fingerprint density at radius 1 is 1.36 bits per heavy atom. The van der Waals surface area contributed by atoms with Crippen LogP contribution in [-0.4, -0.2) is 24.2 Å². The molecule has 0 aliphatic rings. The fraction of sp³-hybridized carbons (Fsp3) is 0.300. The highest BCUT2D eigenvalue weighted by molar-refractivity contribution is 5.79. The maximum Gasteiger partial charge on any atom is 0.225 e. The number of rotatable bonds is 7. The molecule has 0 aliphatic carbocycles. The Balaban J connectivity index is 1.74. The first-order valence-corrected chi connectivity index (χ1v) is 8.07. The number of carbonyl (C=O) groups excluding carboxylic acids is 1. The van der Waals surface area contributed by atoms with Crippen LogP contribution in [0.1, 0.15) is 22.6 Å². The number of ether oxygens (including phenoxy) is 1. The maximum absolute atomic E-state index is 11.9. The Hall–Kier alpha value is -3.00. The molecule has 0 spiro atoms. The van der Waals surface area contributed by atoms with E-state index in [1.54, 1.807) is 6.92 Å². The minimum absolute atomic E-state index is 0.110. The van der Waals surface area contributed by atoms with E-state index in [2.05, 4.69) is 28.9 Å². The van der Waals surface area contributed by atoms with E-state index in [4.69, 9.17) is 9.26 Å². The zero-order valence-electron chi connectivity index (χ0n) is 14.6. The summed E-state index contributed by atoms with van der Waals surface area (Å²) in [7, 11) is 0. The Labute approximate surface area is 148 Å². The van der Waals surface area contributed by atoms with Gasteiger partial charge in [-0.2, -0.15) is 0 Å². The van der Waals surface area contributed by atoms with Gasteiger partial charge >= 0.3 is 0 Å². The van der Waals surface area contributed by atoms with Gasteiger partial charge in [-0.15, -0.1) is 6.58 Å². The van der Waals surface area contributed by atoms with Gasteiger partial charge in [0.05, 0.1) is 18.7 Å². The normalized spacial score (nSPS) is 9.84. The van der Waals surface area contributed by atoms with Crippen molar-refractivity contribution in [3.63, 3.8) is 0 Å². The standard InChI is InChI=1S/C20H22N2O3/c1-4-9-17-10-5-6-11-19(17)24-13-8-7-12-21-20(23)14-18-15(2)22-25-16(18)3/h4-6,10-11H,1,9,12-14H2,2-3H3,(H,21,23). The quantitative estimate of drug-likeness (QED) is 0.623. The summed E-state index contributed by atoms with van der Waals surface area (Å²) in [5, 5.41) is 6.59. The maximum atomic E-state index is 11.9. The number of nitrogens with one attached hydrogen (secondary N) is 1. The average molecular weight is 338 g/mol.